The highest BCUT2D eigenvalue weighted by Crippen LogP contribution is 1.83. The summed E-state index contributed by atoms with van der Waals surface area (Å²) in [5.74, 6) is 0. The minimum atomic E-state index is 0.0688. The molecule has 1 rings (SSSR count). The lowest BCUT2D eigenvalue weighted by Crippen LogP contribution is -2.25. The van der Waals surface area contributed by atoms with E-state index >= 15 is 0 Å². The molecule has 0 unspecified atom stereocenters. The monoisotopic (exact) mass is 196 g/mol. The normalized spacial score (nSPS) is 9.50. The molecule has 0 spiro atoms. The van der Waals surface area contributed by atoms with Crippen molar-refractivity contribution in [2.24, 2.45) is 0 Å². The summed E-state index contributed by atoms with van der Waals surface area (Å²) < 4.78 is 1.71. The van der Waals surface area contributed by atoms with Crippen molar-refractivity contribution in [3.8, 4) is 0 Å². The molecule has 3 heteroatoms. The Hall–Kier alpha value is -1.09. The third-order valence-corrected chi connectivity index (χ3v) is 1.69. The van der Waals surface area contributed by atoms with Gasteiger partial charge in [0.15, 0.2) is 0 Å². The molecule has 0 aliphatic heterocycles. The van der Waals surface area contributed by atoms with Crippen molar-refractivity contribution in [1.82, 2.24) is 9.47 Å². The summed E-state index contributed by atoms with van der Waals surface area (Å²) >= 11 is 0. The van der Waals surface area contributed by atoms with Crippen molar-refractivity contribution in [2.75, 3.05) is 20.6 Å². The summed E-state index contributed by atoms with van der Waals surface area (Å²) in [6.07, 6.45) is 1.81. The van der Waals surface area contributed by atoms with E-state index in [1.54, 1.807) is 16.7 Å². The molecular formula is C11H20N2O. The molecule has 0 aliphatic rings. The summed E-state index contributed by atoms with van der Waals surface area (Å²) in [4.78, 5) is 13.2. The fraction of sp³-hybridized carbons (Fsp3) is 0.545. The maximum Gasteiger partial charge on any atom is 0.250 e. The predicted molar refractivity (Wildman–Crippen MR) is 60.6 cm³/mol. The minimum absolute atomic E-state index is 0.0688. The van der Waals surface area contributed by atoms with Crippen LogP contribution >= 0.6 is 0 Å². The highest BCUT2D eigenvalue weighted by atomic mass is 16.1. The largest absolute Gasteiger partial charge is 0.314 e. The lowest BCUT2D eigenvalue weighted by atomic mass is 10.4. The molecule has 0 N–H and O–H groups in total. The van der Waals surface area contributed by atoms with Crippen LogP contribution in [0.5, 0.6) is 0 Å². The Bertz CT molecular complexity index is 291. The van der Waals surface area contributed by atoms with Crippen LogP contribution in [0.4, 0.5) is 0 Å². The Morgan fingerprint density at radius 1 is 1.29 bits per heavy atom. The van der Waals surface area contributed by atoms with Gasteiger partial charge in [0.2, 0.25) is 0 Å². The lowest BCUT2D eigenvalue weighted by Gasteiger charge is -2.10. The molecule has 0 atom stereocenters. The van der Waals surface area contributed by atoms with Gasteiger partial charge in [0.1, 0.15) is 0 Å². The number of pyridine rings is 1. The van der Waals surface area contributed by atoms with Crippen LogP contribution < -0.4 is 5.56 Å². The first-order valence-corrected chi connectivity index (χ1v) is 5.00. The summed E-state index contributed by atoms with van der Waals surface area (Å²) in [6, 6.07) is 5.21. The lowest BCUT2D eigenvalue weighted by molar-refractivity contribution is 0.381. The van der Waals surface area contributed by atoms with Crippen LogP contribution in [0, 0.1) is 0 Å². The number of aromatic nitrogens is 1. The Kier molecular flexibility index (Phi) is 6.76. The van der Waals surface area contributed by atoms with E-state index in [-0.39, 0.29) is 5.56 Å². The molecular weight excluding hydrogens is 176 g/mol. The van der Waals surface area contributed by atoms with Crippen molar-refractivity contribution in [3.05, 3.63) is 34.7 Å². The molecule has 1 heterocycles. The predicted octanol–water partition coefficient (Wildman–Crippen LogP) is 1.44. The highest BCUT2D eigenvalue weighted by molar-refractivity contribution is 4.93. The van der Waals surface area contributed by atoms with E-state index in [0.29, 0.717) is 0 Å². The second-order valence-corrected chi connectivity index (χ2v) is 3.04. The number of hydrogen-bond acceptors (Lipinski definition) is 2. The van der Waals surface area contributed by atoms with E-state index in [4.69, 9.17) is 0 Å². The topological polar surface area (TPSA) is 25.2 Å². The summed E-state index contributed by atoms with van der Waals surface area (Å²) in [5, 5.41) is 0. The van der Waals surface area contributed by atoms with Crippen LogP contribution in [0.15, 0.2) is 29.2 Å². The molecule has 0 fully saturated rings. The van der Waals surface area contributed by atoms with Crippen molar-refractivity contribution in [1.29, 1.82) is 0 Å². The van der Waals surface area contributed by atoms with Gasteiger partial charge in [-0.25, -0.2) is 0 Å². The average molecular weight is 196 g/mol. The number of rotatable bonds is 3. The van der Waals surface area contributed by atoms with Crippen LogP contribution in [0.25, 0.3) is 0 Å². The molecule has 1 aromatic rings. The molecule has 0 aliphatic carbocycles. The quantitative estimate of drug-likeness (QED) is 0.731. The molecule has 14 heavy (non-hydrogen) atoms. The van der Waals surface area contributed by atoms with Gasteiger partial charge < -0.3 is 9.47 Å². The summed E-state index contributed by atoms with van der Waals surface area (Å²) in [5.41, 5.74) is 0.0688. The van der Waals surface area contributed by atoms with E-state index in [1.807, 2.05) is 40.2 Å². The Labute approximate surface area is 86.0 Å². The molecule has 0 bridgehead atoms. The second-order valence-electron chi connectivity index (χ2n) is 3.04. The second kappa shape index (κ2) is 7.33. The number of hydrogen-bond donors (Lipinski definition) is 0. The van der Waals surface area contributed by atoms with E-state index in [2.05, 4.69) is 4.90 Å². The fourth-order valence-electron chi connectivity index (χ4n) is 0.953. The maximum absolute atomic E-state index is 11.2. The van der Waals surface area contributed by atoms with Crippen LogP contribution in [0.1, 0.15) is 13.8 Å². The van der Waals surface area contributed by atoms with Gasteiger partial charge in [-0.1, -0.05) is 19.9 Å². The summed E-state index contributed by atoms with van der Waals surface area (Å²) in [7, 11) is 3.99. The van der Waals surface area contributed by atoms with Gasteiger partial charge in [0, 0.05) is 25.4 Å². The third kappa shape index (κ3) is 4.82. The van der Waals surface area contributed by atoms with Crippen molar-refractivity contribution < 1.29 is 0 Å². The number of likely N-dealkylation sites (N-methyl/N-ethyl adjacent to an activating group) is 1. The standard InChI is InChI=1S/C9H14N2O.C2H6/c1-10(2)7-8-11-6-4-3-5-9(11)12;1-2/h3-6H,7-8H2,1-2H3;1-2H3. The first-order valence-electron chi connectivity index (χ1n) is 5.00. The van der Waals surface area contributed by atoms with Crippen molar-refractivity contribution in [2.45, 2.75) is 20.4 Å². The van der Waals surface area contributed by atoms with Crippen LogP contribution in [0.3, 0.4) is 0 Å². The van der Waals surface area contributed by atoms with Crippen LogP contribution in [-0.2, 0) is 6.54 Å². The number of nitrogens with zero attached hydrogens (tertiary/aromatic N) is 2. The van der Waals surface area contributed by atoms with Gasteiger partial charge >= 0.3 is 0 Å². The summed E-state index contributed by atoms with van der Waals surface area (Å²) in [6.45, 7) is 5.65. The molecule has 1 aromatic heterocycles. The SMILES string of the molecule is CC.CN(C)CCn1ccccc1=O. The van der Waals surface area contributed by atoms with Gasteiger partial charge in [0.25, 0.3) is 5.56 Å². The van der Waals surface area contributed by atoms with Gasteiger partial charge in [-0.05, 0) is 20.2 Å². The fourth-order valence-corrected chi connectivity index (χ4v) is 0.953. The minimum Gasteiger partial charge on any atom is -0.314 e. The third-order valence-electron chi connectivity index (χ3n) is 1.69. The first kappa shape index (κ1) is 12.9. The highest BCUT2D eigenvalue weighted by Gasteiger charge is 1.93. The Morgan fingerprint density at radius 3 is 2.43 bits per heavy atom. The Morgan fingerprint density at radius 2 is 1.93 bits per heavy atom. The van der Waals surface area contributed by atoms with E-state index in [0.717, 1.165) is 13.1 Å². The molecule has 80 valence electrons. The van der Waals surface area contributed by atoms with Gasteiger partial charge in [-0.15, -0.1) is 0 Å². The molecule has 0 radical (unpaired) electrons. The van der Waals surface area contributed by atoms with Crippen molar-refractivity contribution >= 4 is 0 Å². The molecule has 0 amide bonds. The van der Waals surface area contributed by atoms with Gasteiger partial charge in [-0.3, -0.25) is 4.79 Å². The van der Waals surface area contributed by atoms with Crippen LogP contribution in [0.2, 0.25) is 0 Å². The Balaban J connectivity index is 0.000000791. The first-order chi connectivity index (χ1) is 6.70. The van der Waals surface area contributed by atoms with Crippen molar-refractivity contribution in [3.63, 3.8) is 0 Å². The molecule has 0 aromatic carbocycles. The molecule has 0 saturated carbocycles. The zero-order valence-corrected chi connectivity index (χ0v) is 9.53. The zero-order chi connectivity index (χ0) is 11.0. The molecule has 3 nitrogen and oxygen atoms in total. The van der Waals surface area contributed by atoms with E-state index in [9.17, 15) is 4.79 Å². The molecule has 0 saturated heterocycles. The van der Waals surface area contributed by atoms with Gasteiger partial charge in [-0.2, -0.15) is 0 Å². The van der Waals surface area contributed by atoms with Gasteiger partial charge in [0.05, 0.1) is 0 Å². The average Bonchev–Trinajstić information content (AvgIpc) is 2.19. The van der Waals surface area contributed by atoms with Crippen LogP contribution in [-0.4, -0.2) is 30.1 Å². The zero-order valence-electron chi connectivity index (χ0n) is 9.53. The maximum atomic E-state index is 11.2. The van der Waals surface area contributed by atoms with E-state index in [1.165, 1.54) is 0 Å². The van der Waals surface area contributed by atoms with E-state index < -0.39 is 0 Å². The smallest absolute Gasteiger partial charge is 0.250 e.